The van der Waals surface area contributed by atoms with Crippen molar-refractivity contribution in [2.24, 2.45) is 5.92 Å². The van der Waals surface area contributed by atoms with Crippen LogP contribution in [0.4, 0.5) is 18.9 Å². The molecule has 3 aromatic rings. The van der Waals surface area contributed by atoms with Gasteiger partial charge in [-0.15, -0.1) is 11.3 Å². The second kappa shape index (κ2) is 11.2. The fraction of sp³-hybridized carbons (Fsp3) is 0.192. The summed E-state index contributed by atoms with van der Waals surface area (Å²) in [5, 5.41) is 27.1. The van der Waals surface area contributed by atoms with Crippen molar-refractivity contribution in [3.63, 3.8) is 0 Å². The van der Waals surface area contributed by atoms with E-state index in [2.05, 4.69) is 5.32 Å². The molecule has 2 heterocycles. The number of ketones is 1. The molecule has 1 aromatic heterocycles. The van der Waals surface area contributed by atoms with Crippen LogP contribution in [-0.4, -0.2) is 34.5 Å². The number of allylic oxidation sites excluding steroid dienone is 1. The van der Waals surface area contributed by atoms with Gasteiger partial charge in [0.15, 0.2) is 5.78 Å². The fourth-order valence-electron chi connectivity index (χ4n) is 4.18. The van der Waals surface area contributed by atoms with Gasteiger partial charge in [-0.05, 0) is 35.2 Å². The number of anilines is 1. The maximum absolute atomic E-state index is 14.6. The quantitative estimate of drug-likeness (QED) is 0.300. The summed E-state index contributed by atoms with van der Waals surface area (Å²) in [7, 11) is 0. The summed E-state index contributed by atoms with van der Waals surface area (Å²) < 4.78 is 43.7. The van der Waals surface area contributed by atoms with Crippen LogP contribution >= 0.6 is 34.7 Å². The van der Waals surface area contributed by atoms with E-state index in [9.17, 15) is 33.1 Å². The lowest BCUT2D eigenvalue weighted by Gasteiger charge is -2.45. The van der Waals surface area contributed by atoms with E-state index < -0.39 is 35.4 Å². The number of rotatable bonds is 7. The van der Waals surface area contributed by atoms with Gasteiger partial charge in [-0.3, -0.25) is 9.59 Å². The number of hydrogen-bond acceptors (Lipinski definition) is 7. The van der Waals surface area contributed by atoms with Crippen LogP contribution in [0, 0.1) is 17.2 Å². The molecular formula is C26H19ClF3N3O3S2. The third-order valence-corrected chi connectivity index (χ3v) is 8.13. The average molecular weight is 578 g/mol. The Hall–Kier alpha value is -3.30. The van der Waals surface area contributed by atoms with Crippen LogP contribution in [-0.2, 0) is 4.79 Å². The third kappa shape index (κ3) is 5.44. The van der Waals surface area contributed by atoms with Gasteiger partial charge < -0.3 is 15.7 Å². The van der Waals surface area contributed by atoms with E-state index in [1.54, 1.807) is 36.4 Å². The molecule has 0 spiro atoms. The van der Waals surface area contributed by atoms with E-state index in [4.69, 9.17) is 11.6 Å². The minimum atomic E-state index is -5.34. The van der Waals surface area contributed by atoms with E-state index in [0.717, 1.165) is 11.3 Å². The lowest BCUT2D eigenvalue weighted by Crippen LogP contribution is -2.66. The Morgan fingerprint density at radius 2 is 1.82 bits per heavy atom. The van der Waals surface area contributed by atoms with Crippen LogP contribution in [0.2, 0.25) is 5.02 Å². The highest BCUT2D eigenvalue weighted by atomic mass is 35.5. The summed E-state index contributed by atoms with van der Waals surface area (Å²) in [6.45, 7) is 0. The summed E-state index contributed by atoms with van der Waals surface area (Å²) in [6, 6.07) is 19.1. The number of benzene rings is 2. The number of amides is 1. The number of Topliss-reactive ketones (excluding diaryl/α,β-unsaturated/α-hetero) is 1. The minimum absolute atomic E-state index is 0.0202. The Morgan fingerprint density at radius 1 is 1.13 bits per heavy atom. The number of hydrogen-bond donors (Lipinski definition) is 3. The van der Waals surface area contributed by atoms with Gasteiger partial charge in [0, 0.05) is 16.6 Å². The molecule has 0 radical (unpaired) electrons. The molecule has 2 aromatic carbocycles. The summed E-state index contributed by atoms with van der Waals surface area (Å²) >= 11 is 7.88. The second-order valence-corrected chi connectivity index (χ2v) is 10.6. The molecule has 0 bridgehead atoms. The summed E-state index contributed by atoms with van der Waals surface area (Å²) in [5.74, 6) is -5.67. The highest BCUT2D eigenvalue weighted by molar-refractivity contribution is 8.03. The van der Waals surface area contributed by atoms with Crippen LogP contribution in [0.1, 0.15) is 21.2 Å². The lowest BCUT2D eigenvalue weighted by atomic mass is 9.70. The number of nitriles is 1. The van der Waals surface area contributed by atoms with Crippen molar-refractivity contribution in [2.75, 3.05) is 11.1 Å². The van der Waals surface area contributed by atoms with Crippen molar-refractivity contribution in [2.45, 2.75) is 17.8 Å². The highest BCUT2D eigenvalue weighted by Gasteiger charge is 2.66. The third-order valence-electron chi connectivity index (χ3n) is 5.89. The lowest BCUT2D eigenvalue weighted by molar-refractivity contribution is -0.285. The number of nitrogens with one attached hydrogen (secondary N) is 2. The normalized spacial score (nSPS) is 21.4. The first-order valence-electron chi connectivity index (χ1n) is 11.1. The molecule has 0 fully saturated rings. The molecule has 3 N–H and O–H groups in total. The van der Waals surface area contributed by atoms with Gasteiger partial charge in [-0.1, -0.05) is 65.8 Å². The van der Waals surface area contributed by atoms with Crippen molar-refractivity contribution in [1.29, 1.82) is 5.26 Å². The first kappa shape index (κ1) is 27.7. The molecule has 12 heteroatoms. The molecule has 6 nitrogen and oxygen atoms in total. The van der Waals surface area contributed by atoms with Crippen molar-refractivity contribution in [3.05, 3.63) is 98.2 Å². The number of carbonyl (C=O) groups excluding carboxylic acids is 2. The highest BCUT2D eigenvalue weighted by Crippen LogP contribution is 2.52. The Bertz CT molecular complexity index is 1410. The van der Waals surface area contributed by atoms with Gasteiger partial charge in [0.25, 0.3) is 0 Å². The SMILES string of the molecule is N#CC1=C(SCC(=O)Nc2ccccc2)NC(O)(C(F)(F)F)C(C(=O)c2cccs2)C1c1ccccc1Cl. The predicted molar refractivity (Wildman–Crippen MR) is 141 cm³/mol. The predicted octanol–water partition coefficient (Wildman–Crippen LogP) is 5.95. The van der Waals surface area contributed by atoms with Crippen LogP contribution in [0.25, 0.3) is 0 Å². The van der Waals surface area contributed by atoms with Gasteiger partial charge in [0.05, 0.1) is 33.2 Å². The number of thiophene rings is 1. The Morgan fingerprint density at radius 3 is 2.42 bits per heavy atom. The monoisotopic (exact) mass is 577 g/mol. The first-order chi connectivity index (χ1) is 18.1. The standard InChI is InChI=1S/C26H19ClF3N3O3S2/c27-18-10-5-4-9-16(18)21-17(13-31)24(38-14-20(34)32-15-7-2-1-3-8-15)33-25(36,26(28,29)30)22(21)23(35)19-11-6-12-37-19/h1-12,21-22,33,36H,14H2,(H,32,34). The number of halogens is 4. The zero-order valence-electron chi connectivity index (χ0n) is 19.3. The van der Waals surface area contributed by atoms with Crippen molar-refractivity contribution in [1.82, 2.24) is 5.32 Å². The van der Waals surface area contributed by atoms with E-state index in [0.29, 0.717) is 17.4 Å². The summed E-state index contributed by atoms with van der Waals surface area (Å²) in [5.41, 5.74) is -3.47. The number of nitrogens with zero attached hydrogens (tertiary/aromatic N) is 1. The van der Waals surface area contributed by atoms with Crippen LogP contribution in [0.15, 0.2) is 82.7 Å². The molecule has 0 saturated carbocycles. The van der Waals surface area contributed by atoms with Crippen LogP contribution < -0.4 is 10.6 Å². The fourth-order valence-corrected chi connectivity index (χ4v) is 6.04. The van der Waals surface area contributed by atoms with Crippen molar-refractivity contribution < 1.29 is 27.9 Å². The van der Waals surface area contributed by atoms with E-state index in [1.807, 2.05) is 11.4 Å². The summed E-state index contributed by atoms with van der Waals surface area (Å²) in [4.78, 5) is 26.0. The second-order valence-electron chi connectivity index (χ2n) is 8.27. The van der Waals surface area contributed by atoms with Gasteiger partial charge in [0.2, 0.25) is 11.6 Å². The maximum atomic E-state index is 14.6. The van der Waals surface area contributed by atoms with Gasteiger partial charge in [-0.25, -0.2) is 0 Å². The molecule has 3 atom stereocenters. The number of thioether (sulfide) groups is 1. The number of aliphatic hydroxyl groups is 1. The van der Waals surface area contributed by atoms with E-state index >= 15 is 0 Å². The topological polar surface area (TPSA) is 102 Å². The molecule has 196 valence electrons. The van der Waals surface area contributed by atoms with E-state index in [1.165, 1.54) is 35.7 Å². The Labute approximate surface area is 229 Å². The van der Waals surface area contributed by atoms with Gasteiger partial charge in [-0.2, -0.15) is 18.4 Å². The number of para-hydroxylation sites is 1. The smallest absolute Gasteiger partial charge is 0.363 e. The Balaban J connectivity index is 1.82. The summed E-state index contributed by atoms with van der Waals surface area (Å²) in [6.07, 6.45) is -5.34. The number of carbonyl (C=O) groups is 2. The van der Waals surface area contributed by atoms with Gasteiger partial charge in [0.1, 0.15) is 0 Å². The zero-order chi connectivity index (χ0) is 27.5. The minimum Gasteiger partial charge on any atom is -0.363 e. The molecule has 3 unspecified atom stereocenters. The average Bonchev–Trinajstić information content (AvgIpc) is 3.42. The van der Waals surface area contributed by atoms with E-state index in [-0.39, 0.29) is 31.8 Å². The van der Waals surface area contributed by atoms with Crippen LogP contribution in [0.3, 0.4) is 0 Å². The zero-order valence-corrected chi connectivity index (χ0v) is 21.7. The van der Waals surface area contributed by atoms with Crippen LogP contribution in [0.5, 0.6) is 0 Å². The molecule has 0 saturated heterocycles. The molecular weight excluding hydrogens is 559 g/mol. The van der Waals surface area contributed by atoms with Crippen molar-refractivity contribution in [3.8, 4) is 6.07 Å². The maximum Gasteiger partial charge on any atom is 0.437 e. The van der Waals surface area contributed by atoms with Crippen molar-refractivity contribution >= 4 is 52.1 Å². The largest absolute Gasteiger partial charge is 0.437 e. The molecule has 1 aliphatic heterocycles. The Kier molecular flexibility index (Phi) is 8.18. The molecule has 4 rings (SSSR count). The molecule has 1 aliphatic rings. The first-order valence-corrected chi connectivity index (χ1v) is 13.3. The molecule has 0 aliphatic carbocycles. The number of alkyl halides is 3. The van der Waals surface area contributed by atoms with Gasteiger partial charge >= 0.3 is 6.18 Å². The molecule has 1 amide bonds. The molecule has 38 heavy (non-hydrogen) atoms.